The molecule has 24 heavy (non-hydrogen) atoms. The van der Waals surface area contributed by atoms with Crippen molar-refractivity contribution in [1.82, 2.24) is 10.2 Å². The van der Waals surface area contributed by atoms with E-state index >= 15 is 0 Å². The summed E-state index contributed by atoms with van der Waals surface area (Å²) in [7, 11) is 1.57. The monoisotopic (exact) mass is 338 g/mol. The first kappa shape index (κ1) is 18.7. The van der Waals surface area contributed by atoms with Crippen LogP contribution >= 0.6 is 0 Å². The fourth-order valence-electron chi connectivity index (χ4n) is 3.24. The number of carbonyl (C=O) groups excluding carboxylic acids is 1. The molecule has 5 nitrogen and oxygen atoms in total. The molecule has 2 amide bonds. The number of amides is 2. The number of nitrogens with one attached hydrogen (secondary N) is 1. The highest BCUT2D eigenvalue weighted by Gasteiger charge is 2.40. The topological polar surface area (TPSA) is 50.8 Å². The van der Waals surface area contributed by atoms with Crippen LogP contribution in [0.5, 0.6) is 0 Å². The van der Waals surface area contributed by atoms with Crippen molar-refractivity contribution in [1.29, 1.82) is 0 Å². The zero-order valence-corrected chi connectivity index (χ0v) is 15.1. The first-order valence-corrected chi connectivity index (χ1v) is 8.13. The van der Waals surface area contributed by atoms with E-state index in [0.29, 0.717) is 19.6 Å². The summed E-state index contributed by atoms with van der Waals surface area (Å²) in [5.74, 6) is -0.296. The highest BCUT2D eigenvalue weighted by molar-refractivity contribution is 5.74. The number of hydrogen-bond donors (Lipinski definition) is 1. The number of halogens is 1. The van der Waals surface area contributed by atoms with Crippen LogP contribution in [0.25, 0.3) is 0 Å². The maximum atomic E-state index is 13.0. The molecular formula is C18H27FN2O3. The molecule has 6 heteroatoms. The number of carbonyl (C=O) groups is 1. The molecule has 1 aromatic carbocycles. The van der Waals surface area contributed by atoms with Crippen LogP contribution in [0.15, 0.2) is 24.3 Å². The van der Waals surface area contributed by atoms with Gasteiger partial charge in [-0.2, -0.15) is 0 Å². The molecule has 2 rings (SSSR count). The van der Waals surface area contributed by atoms with Crippen LogP contribution in [0.1, 0.15) is 39.4 Å². The van der Waals surface area contributed by atoms with Gasteiger partial charge in [-0.25, -0.2) is 9.18 Å². The van der Waals surface area contributed by atoms with Crippen LogP contribution in [0.3, 0.4) is 0 Å². The predicted molar refractivity (Wildman–Crippen MR) is 90.4 cm³/mol. The number of methoxy groups -OCH3 is 1. The van der Waals surface area contributed by atoms with Gasteiger partial charge in [0.15, 0.2) is 0 Å². The fourth-order valence-corrected chi connectivity index (χ4v) is 3.24. The van der Waals surface area contributed by atoms with Gasteiger partial charge in [-0.1, -0.05) is 12.1 Å². The molecule has 0 saturated carbocycles. The van der Waals surface area contributed by atoms with Gasteiger partial charge in [0.25, 0.3) is 0 Å². The summed E-state index contributed by atoms with van der Waals surface area (Å²) in [5.41, 5.74) is 0.0368. The second-order valence-corrected chi connectivity index (χ2v) is 7.44. The maximum absolute atomic E-state index is 13.0. The molecule has 1 atom stereocenters. The largest absolute Gasteiger partial charge is 0.375 e. The first-order chi connectivity index (χ1) is 11.1. The minimum atomic E-state index is -0.392. The van der Waals surface area contributed by atoms with Crippen molar-refractivity contribution in [3.63, 3.8) is 0 Å². The molecule has 1 fully saturated rings. The molecule has 134 valence electrons. The first-order valence-electron chi connectivity index (χ1n) is 8.13. The average molecular weight is 338 g/mol. The highest BCUT2D eigenvalue weighted by atomic mass is 19.1. The maximum Gasteiger partial charge on any atom is 0.317 e. The molecule has 1 saturated heterocycles. The van der Waals surface area contributed by atoms with Gasteiger partial charge in [-0.15, -0.1) is 0 Å². The van der Waals surface area contributed by atoms with Crippen LogP contribution < -0.4 is 5.32 Å². The van der Waals surface area contributed by atoms with Crippen LogP contribution in [0, 0.1) is 5.82 Å². The summed E-state index contributed by atoms with van der Waals surface area (Å²) in [6.45, 7) is 9.27. The third-order valence-corrected chi connectivity index (χ3v) is 3.95. The molecule has 0 bridgehead atoms. The van der Waals surface area contributed by atoms with Crippen molar-refractivity contribution >= 4 is 6.03 Å². The standard InChI is InChI=1S/C18H27FN2O3/c1-17(2)11-21(12-18(3,4)24-17)16(22)20-10-15(23-5)13-6-8-14(19)9-7-13/h6-9,15H,10-12H2,1-5H3,(H,20,22)/t15-/m0/s1. The molecule has 1 heterocycles. The van der Waals surface area contributed by atoms with Crippen molar-refractivity contribution in [3.05, 3.63) is 35.6 Å². The summed E-state index contributed by atoms with van der Waals surface area (Å²) in [4.78, 5) is 14.3. The Morgan fingerprint density at radius 1 is 1.25 bits per heavy atom. The van der Waals surface area contributed by atoms with E-state index in [9.17, 15) is 9.18 Å². The predicted octanol–water partition coefficient (Wildman–Crippen LogP) is 3.11. The summed E-state index contributed by atoms with van der Waals surface area (Å²) in [5, 5.41) is 2.90. The SMILES string of the molecule is CO[C@@H](CNC(=O)N1CC(C)(C)OC(C)(C)C1)c1ccc(F)cc1. The van der Waals surface area contributed by atoms with E-state index in [4.69, 9.17) is 9.47 Å². The molecule has 0 spiro atoms. The van der Waals surface area contributed by atoms with E-state index in [2.05, 4.69) is 5.32 Å². The van der Waals surface area contributed by atoms with Crippen molar-refractivity contribution in [3.8, 4) is 0 Å². The zero-order chi connectivity index (χ0) is 18.0. The number of hydrogen-bond acceptors (Lipinski definition) is 3. The second kappa shape index (κ2) is 7.07. The molecule has 0 aromatic heterocycles. The van der Waals surface area contributed by atoms with Gasteiger partial charge >= 0.3 is 6.03 Å². The summed E-state index contributed by atoms with van der Waals surface area (Å²) >= 11 is 0. The lowest BCUT2D eigenvalue weighted by Gasteiger charge is -2.47. The molecule has 0 unspecified atom stereocenters. The number of urea groups is 1. The molecule has 0 radical (unpaired) electrons. The van der Waals surface area contributed by atoms with E-state index in [-0.39, 0.29) is 18.0 Å². The third kappa shape index (κ3) is 4.92. The van der Waals surface area contributed by atoms with Gasteiger partial charge in [0, 0.05) is 13.7 Å². The highest BCUT2D eigenvalue weighted by Crippen LogP contribution is 2.28. The van der Waals surface area contributed by atoms with E-state index in [0.717, 1.165) is 5.56 Å². The van der Waals surface area contributed by atoms with E-state index in [1.807, 2.05) is 27.7 Å². The zero-order valence-electron chi connectivity index (χ0n) is 15.1. The Labute approximate surface area is 143 Å². The van der Waals surface area contributed by atoms with Gasteiger partial charge in [0.2, 0.25) is 0 Å². The molecule has 1 aromatic rings. The molecule has 1 aliphatic rings. The second-order valence-electron chi connectivity index (χ2n) is 7.44. The Bertz CT molecular complexity index is 556. The lowest BCUT2D eigenvalue weighted by Crippen LogP contribution is -2.60. The summed E-state index contributed by atoms with van der Waals surface area (Å²) < 4.78 is 24.4. The van der Waals surface area contributed by atoms with Crippen molar-refractivity contribution in [2.45, 2.75) is 45.0 Å². The Hall–Kier alpha value is -1.66. The minimum Gasteiger partial charge on any atom is -0.375 e. The number of benzene rings is 1. The van der Waals surface area contributed by atoms with Crippen molar-refractivity contribution < 1.29 is 18.7 Å². The van der Waals surface area contributed by atoms with Gasteiger partial charge in [0.1, 0.15) is 5.82 Å². The Morgan fingerprint density at radius 2 is 1.79 bits per heavy atom. The fraction of sp³-hybridized carbons (Fsp3) is 0.611. The number of rotatable bonds is 4. The average Bonchev–Trinajstić information content (AvgIpc) is 2.46. The smallest absolute Gasteiger partial charge is 0.317 e. The quantitative estimate of drug-likeness (QED) is 0.918. The van der Waals surface area contributed by atoms with Crippen LogP contribution in [0.4, 0.5) is 9.18 Å². The van der Waals surface area contributed by atoms with Crippen LogP contribution in [0.2, 0.25) is 0 Å². The van der Waals surface area contributed by atoms with Crippen molar-refractivity contribution in [2.24, 2.45) is 0 Å². The van der Waals surface area contributed by atoms with Gasteiger partial charge < -0.3 is 19.7 Å². The van der Waals surface area contributed by atoms with Gasteiger partial charge in [0.05, 0.1) is 30.4 Å². The number of ether oxygens (including phenoxy) is 2. The molecule has 1 N–H and O–H groups in total. The lowest BCUT2D eigenvalue weighted by molar-refractivity contribution is -0.170. The minimum absolute atomic E-state index is 0.149. The lowest BCUT2D eigenvalue weighted by atomic mass is 9.99. The Morgan fingerprint density at radius 3 is 2.29 bits per heavy atom. The van der Waals surface area contributed by atoms with E-state index < -0.39 is 11.2 Å². The number of morpholine rings is 1. The normalized spacial score (nSPS) is 20.5. The van der Waals surface area contributed by atoms with Crippen LogP contribution in [-0.4, -0.2) is 48.9 Å². The van der Waals surface area contributed by atoms with Gasteiger partial charge in [-0.05, 0) is 45.4 Å². The summed E-state index contributed by atoms with van der Waals surface area (Å²) in [6.07, 6.45) is -0.323. The van der Waals surface area contributed by atoms with E-state index in [1.54, 1.807) is 24.1 Å². The van der Waals surface area contributed by atoms with Crippen molar-refractivity contribution in [2.75, 3.05) is 26.7 Å². The molecule has 0 aliphatic carbocycles. The molecular weight excluding hydrogens is 311 g/mol. The van der Waals surface area contributed by atoms with E-state index in [1.165, 1.54) is 12.1 Å². The summed E-state index contributed by atoms with van der Waals surface area (Å²) in [6, 6.07) is 5.95. The Balaban J connectivity index is 1.97. The van der Waals surface area contributed by atoms with Crippen LogP contribution in [-0.2, 0) is 9.47 Å². The third-order valence-electron chi connectivity index (χ3n) is 3.95. The Kier molecular flexibility index (Phi) is 5.50. The molecule has 1 aliphatic heterocycles. The number of nitrogens with zero attached hydrogens (tertiary/aromatic N) is 1. The van der Waals surface area contributed by atoms with Gasteiger partial charge in [-0.3, -0.25) is 0 Å².